The quantitative estimate of drug-likeness (QED) is 0.175. The zero-order valence-corrected chi connectivity index (χ0v) is 28.7. The van der Waals surface area contributed by atoms with Crippen molar-refractivity contribution in [1.29, 1.82) is 0 Å². The molecule has 0 aliphatic carbocycles. The van der Waals surface area contributed by atoms with Crippen molar-refractivity contribution in [2.75, 3.05) is 0 Å². The van der Waals surface area contributed by atoms with E-state index < -0.39 is 0 Å². The lowest BCUT2D eigenvalue weighted by atomic mass is 9.97. The van der Waals surface area contributed by atoms with Gasteiger partial charge in [-0.3, -0.25) is 4.40 Å². The highest BCUT2D eigenvalue weighted by Gasteiger charge is 2.18. The number of imidazole rings is 1. The minimum Gasteiger partial charge on any atom is -0.299 e. The Morgan fingerprint density at radius 1 is 0.365 bits per heavy atom. The molecule has 0 unspecified atom stereocenters. The summed E-state index contributed by atoms with van der Waals surface area (Å²) in [5.41, 5.74) is 10.1. The van der Waals surface area contributed by atoms with Crippen molar-refractivity contribution < 1.29 is 0 Å². The third-order valence-corrected chi connectivity index (χ3v) is 10.6. The molecule has 10 rings (SSSR count). The van der Waals surface area contributed by atoms with Crippen LogP contribution in [0.1, 0.15) is 0 Å². The average Bonchev–Trinajstić information content (AvgIpc) is 3.80. The zero-order chi connectivity index (χ0) is 34.4. The topological polar surface area (TPSA) is 56.0 Å². The van der Waals surface area contributed by atoms with E-state index in [0.29, 0.717) is 17.5 Å². The molecule has 0 saturated carbocycles. The van der Waals surface area contributed by atoms with Crippen LogP contribution in [0.3, 0.4) is 0 Å². The smallest absolute Gasteiger partial charge is 0.164 e. The second kappa shape index (κ2) is 12.5. The van der Waals surface area contributed by atoms with Gasteiger partial charge in [0.2, 0.25) is 0 Å². The van der Waals surface area contributed by atoms with E-state index in [1.807, 2.05) is 78.1 Å². The molecule has 5 nitrogen and oxygen atoms in total. The van der Waals surface area contributed by atoms with Crippen LogP contribution < -0.4 is 0 Å². The van der Waals surface area contributed by atoms with Crippen molar-refractivity contribution in [2.45, 2.75) is 0 Å². The molecule has 0 atom stereocenters. The van der Waals surface area contributed by atoms with Gasteiger partial charge in [-0.25, -0.2) is 19.9 Å². The molecular formula is C46H29N5S. The maximum Gasteiger partial charge on any atom is 0.164 e. The van der Waals surface area contributed by atoms with Crippen molar-refractivity contribution >= 4 is 37.2 Å². The van der Waals surface area contributed by atoms with Crippen LogP contribution in [-0.2, 0) is 0 Å². The van der Waals surface area contributed by atoms with Crippen molar-refractivity contribution in [3.63, 3.8) is 0 Å². The Bertz CT molecular complexity index is 2850. The molecule has 52 heavy (non-hydrogen) atoms. The van der Waals surface area contributed by atoms with Gasteiger partial charge in [0.15, 0.2) is 17.5 Å². The summed E-state index contributed by atoms with van der Waals surface area (Å²) in [7, 11) is 0. The number of nitrogens with zero attached hydrogens (tertiary/aromatic N) is 5. The molecule has 10 aromatic rings. The normalized spacial score (nSPS) is 11.5. The number of hydrogen-bond donors (Lipinski definition) is 0. The minimum absolute atomic E-state index is 0.629. The minimum atomic E-state index is 0.629. The van der Waals surface area contributed by atoms with E-state index in [2.05, 4.69) is 114 Å². The van der Waals surface area contributed by atoms with Gasteiger partial charge in [-0.05, 0) is 53.6 Å². The van der Waals surface area contributed by atoms with Crippen LogP contribution in [0.5, 0.6) is 0 Å². The maximum absolute atomic E-state index is 5.20. The Kier molecular flexibility index (Phi) is 7.25. The Morgan fingerprint density at radius 2 is 0.923 bits per heavy atom. The summed E-state index contributed by atoms with van der Waals surface area (Å²) in [6.07, 6.45) is 2.10. The third-order valence-electron chi connectivity index (χ3n) is 9.47. The van der Waals surface area contributed by atoms with Crippen molar-refractivity contribution in [2.24, 2.45) is 0 Å². The Labute approximate surface area is 304 Å². The lowest BCUT2D eigenvalue weighted by Crippen LogP contribution is -2.00. The lowest BCUT2D eigenvalue weighted by molar-refractivity contribution is 1.07. The second-order valence-electron chi connectivity index (χ2n) is 12.7. The number of hydrogen-bond acceptors (Lipinski definition) is 5. The zero-order valence-electron chi connectivity index (χ0n) is 27.9. The number of pyridine rings is 1. The number of benzene rings is 6. The average molecular weight is 684 g/mol. The van der Waals surface area contributed by atoms with Crippen molar-refractivity contribution in [3.05, 3.63) is 176 Å². The van der Waals surface area contributed by atoms with E-state index in [9.17, 15) is 0 Å². The summed E-state index contributed by atoms with van der Waals surface area (Å²) in [6.45, 7) is 0. The molecule has 0 spiro atoms. The highest BCUT2D eigenvalue weighted by Crippen LogP contribution is 2.40. The number of aromatic nitrogens is 5. The highest BCUT2D eigenvalue weighted by molar-refractivity contribution is 7.25. The molecule has 6 heteroatoms. The summed E-state index contributed by atoms with van der Waals surface area (Å²) in [6, 6.07) is 58.9. The SMILES string of the molecule is c1ccc(-c2nc(-c3ccccc3)nc(-c3cccc(-c4cccc(-c5nc6ccccn6c5-c5ccc6sc7ccccc7c6c5)c4)c3)n2)cc1. The molecule has 6 aromatic carbocycles. The number of rotatable bonds is 6. The Morgan fingerprint density at radius 3 is 1.65 bits per heavy atom. The largest absolute Gasteiger partial charge is 0.299 e. The van der Waals surface area contributed by atoms with Gasteiger partial charge in [0.25, 0.3) is 0 Å². The fourth-order valence-electron chi connectivity index (χ4n) is 6.97. The molecule has 0 amide bonds. The number of thiophene rings is 1. The lowest BCUT2D eigenvalue weighted by Gasteiger charge is -2.11. The predicted molar refractivity (Wildman–Crippen MR) is 214 cm³/mol. The second-order valence-corrected chi connectivity index (χ2v) is 13.8. The summed E-state index contributed by atoms with van der Waals surface area (Å²) >= 11 is 1.84. The first-order valence-corrected chi connectivity index (χ1v) is 18.0. The van der Waals surface area contributed by atoms with E-state index in [1.54, 1.807) is 0 Å². The van der Waals surface area contributed by atoms with E-state index in [-0.39, 0.29) is 0 Å². The van der Waals surface area contributed by atoms with Gasteiger partial charge in [0.1, 0.15) is 5.65 Å². The molecule has 0 saturated heterocycles. The highest BCUT2D eigenvalue weighted by atomic mass is 32.1. The number of fused-ring (bicyclic) bond motifs is 4. The first-order chi connectivity index (χ1) is 25.7. The van der Waals surface area contributed by atoms with Gasteiger partial charge in [-0.15, -0.1) is 11.3 Å². The standard InChI is InChI=1S/C46H29N5S/c1-3-13-30(14-4-1)44-48-45(31-15-5-2-6-16-31)50-46(49-44)36-20-12-18-33(28-36)32-17-11-19-34(27-32)42-43(51-26-10-9-23-41(51)47-42)35-24-25-40-38(29-35)37-21-7-8-22-39(37)52-40/h1-29H. The molecule has 0 fully saturated rings. The van der Waals surface area contributed by atoms with Gasteiger partial charge >= 0.3 is 0 Å². The molecular weight excluding hydrogens is 655 g/mol. The van der Waals surface area contributed by atoms with E-state index in [4.69, 9.17) is 19.9 Å². The van der Waals surface area contributed by atoms with Gasteiger partial charge in [-0.1, -0.05) is 127 Å². The molecule has 0 bridgehead atoms. The monoisotopic (exact) mass is 683 g/mol. The van der Waals surface area contributed by atoms with Gasteiger partial charge in [0, 0.05) is 54.2 Å². The molecule has 0 N–H and O–H groups in total. The van der Waals surface area contributed by atoms with Gasteiger partial charge < -0.3 is 0 Å². The summed E-state index contributed by atoms with van der Waals surface area (Å²) in [5.74, 6) is 1.92. The van der Waals surface area contributed by atoms with Crippen LogP contribution in [0.2, 0.25) is 0 Å². The van der Waals surface area contributed by atoms with Crippen LogP contribution in [0, 0.1) is 0 Å². The first-order valence-electron chi connectivity index (χ1n) is 17.2. The summed E-state index contributed by atoms with van der Waals surface area (Å²) in [4.78, 5) is 20.0. The van der Waals surface area contributed by atoms with Crippen LogP contribution >= 0.6 is 11.3 Å². The van der Waals surface area contributed by atoms with E-state index in [0.717, 1.165) is 56.0 Å². The van der Waals surface area contributed by atoms with Crippen molar-refractivity contribution in [3.8, 4) is 67.8 Å². The van der Waals surface area contributed by atoms with Crippen molar-refractivity contribution in [1.82, 2.24) is 24.3 Å². The fourth-order valence-corrected chi connectivity index (χ4v) is 8.05. The van der Waals surface area contributed by atoms with E-state index in [1.165, 1.54) is 20.2 Å². The maximum atomic E-state index is 5.20. The van der Waals surface area contributed by atoms with Gasteiger partial charge in [0.05, 0.1) is 11.4 Å². The molecule has 244 valence electrons. The molecule has 0 radical (unpaired) electrons. The Balaban J connectivity index is 1.08. The van der Waals surface area contributed by atoms with Crippen LogP contribution in [-0.4, -0.2) is 24.3 Å². The molecule has 4 heterocycles. The first kappa shape index (κ1) is 30.1. The molecule has 0 aliphatic heterocycles. The summed E-state index contributed by atoms with van der Waals surface area (Å²) < 4.78 is 4.79. The third kappa shape index (κ3) is 5.34. The predicted octanol–water partition coefficient (Wildman–Crippen LogP) is 11.9. The fraction of sp³-hybridized carbons (Fsp3) is 0. The van der Waals surface area contributed by atoms with Crippen LogP contribution in [0.25, 0.3) is 93.6 Å². The van der Waals surface area contributed by atoms with Crippen LogP contribution in [0.4, 0.5) is 0 Å². The Hall–Kier alpha value is -6.76. The van der Waals surface area contributed by atoms with Crippen LogP contribution in [0.15, 0.2) is 176 Å². The van der Waals surface area contributed by atoms with Gasteiger partial charge in [-0.2, -0.15) is 0 Å². The molecule has 4 aromatic heterocycles. The summed E-state index contributed by atoms with van der Waals surface area (Å²) in [5, 5.41) is 2.55. The molecule has 0 aliphatic rings. The van der Waals surface area contributed by atoms with E-state index >= 15 is 0 Å².